The van der Waals surface area contributed by atoms with Crippen LogP contribution in [0.1, 0.15) is 23.7 Å². The first-order valence-electron chi connectivity index (χ1n) is 4.36. The van der Waals surface area contributed by atoms with Crippen molar-refractivity contribution in [1.29, 1.82) is 0 Å². The zero-order valence-corrected chi connectivity index (χ0v) is 8.27. The predicted molar refractivity (Wildman–Crippen MR) is 54.7 cm³/mol. The highest BCUT2D eigenvalue weighted by Crippen LogP contribution is 2.13. The Labute approximate surface area is 86.4 Å². The molecule has 2 N–H and O–H groups in total. The highest BCUT2D eigenvalue weighted by atomic mass is 16.6. The molecule has 0 atom stereocenters. The van der Waals surface area contributed by atoms with E-state index in [1.807, 2.05) is 0 Å². The Hall–Kier alpha value is -2.04. The number of nitro benzene ring substituents is 1. The average Bonchev–Trinajstić information content (AvgIpc) is 2.17. The van der Waals surface area contributed by atoms with Gasteiger partial charge in [0.1, 0.15) is 0 Å². The van der Waals surface area contributed by atoms with E-state index in [2.05, 4.69) is 0 Å². The van der Waals surface area contributed by atoms with Gasteiger partial charge in [-0.3, -0.25) is 20.3 Å². The smallest absolute Gasteiger partial charge is 0.269 e. The number of carbonyl (C=O) groups is 1. The monoisotopic (exact) mass is 207 g/mol. The van der Waals surface area contributed by atoms with Gasteiger partial charge in [-0.25, -0.2) is 0 Å². The minimum atomic E-state index is -0.505. The van der Waals surface area contributed by atoms with E-state index < -0.39 is 4.92 Å². The number of hydrogen-bond donors (Lipinski definition) is 1. The SMILES string of the molecule is CC(=[NH2+])CC(=O)c1ccc([N+](=O)[O-])cc1. The summed E-state index contributed by atoms with van der Waals surface area (Å²) in [5, 5.41) is 15.8. The molecule has 0 spiro atoms. The molecule has 1 rings (SSSR count). The number of benzene rings is 1. The van der Waals surface area contributed by atoms with Gasteiger partial charge < -0.3 is 0 Å². The second-order valence-electron chi connectivity index (χ2n) is 3.25. The number of hydrogen-bond acceptors (Lipinski definition) is 3. The van der Waals surface area contributed by atoms with Crippen molar-refractivity contribution >= 4 is 17.2 Å². The lowest BCUT2D eigenvalue weighted by atomic mass is 10.1. The zero-order chi connectivity index (χ0) is 11.4. The van der Waals surface area contributed by atoms with Crippen molar-refractivity contribution in [2.75, 3.05) is 0 Å². The molecule has 0 aromatic heterocycles. The summed E-state index contributed by atoms with van der Waals surface area (Å²) in [6.07, 6.45) is 0.164. The molecule has 0 radical (unpaired) electrons. The maximum Gasteiger partial charge on any atom is 0.269 e. The Kier molecular flexibility index (Phi) is 3.28. The zero-order valence-electron chi connectivity index (χ0n) is 8.27. The van der Waals surface area contributed by atoms with Gasteiger partial charge in [0.25, 0.3) is 5.69 Å². The molecule has 0 aliphatic carbocycles. The largest absolute Gasteiger partial charge is 0.294 e. The highest BCUT2D eigenvalue weighted by Gasteiger charge is 2.11. The fourth-order valence-electron chi connectivity index (χ4n) is 1.12. The number of non-ortho nitro benzene ring substituents is 1. The van der Waals surface area contributed by atoms with Gasteiger partial charge in [-0.15, -0.1) is 0 Å². The number of rotatable bonds is 4. The summed E-state index contributed by atoms with van der Waals surface area (Å²) in [7, 11) is 0. The number of nitrogens with zero attached hydrogens (tertiary/aromatic N) is 1. The lowest BCUT2D eigenvalue weighted by Crippen LogP contribution is -2.38. The fourth-order valence-corrected chi connectivity index (χ4v) is 1.12. The van der Waals surface area contributed by atoms with E-state index in [1.54, 1.807) is 6.92 Å². The Morgan fingerprint density at radius 1 is 1.40 bits per heavy atom. The third-order valence-electron chi connectivity index (χ3n) is 1.84. The van der Waals surface area contributed by atoms with Crippen molar-refractivity contribution in [3.05, 3.63) is 39.9 Å². The molecule has 0 heterocycles. The van der Waals surface area contributed by atoms with Crippen LogP contribution in [0.4, 0.5) is 5.69 Å². The van der Waals surface area contributed by atoms with Crippen LogP contribution in [0.25, 0.3) is 0 Å². The quantitative estimate of drug-likeness (QED) is 0.335. The van der Waals surface area contributed by atoms with Gasteiger partial charge in [0.2, 0.25) is 0 Å². The summed E-state index contributed by atoms with van der Waals surface area (Å²) in [4.78, 5) is 21.3. The summed E-state index contributed by atoms with van der Waals surface area (Å²) in [6.45, 7) is 1.66. The molecule has 1 aromatic carbocycles. The maximum atomic E-state index is 11.5. The van der Waals surface area contributed by atoms with Crippen molar-refractivity contribution in [1.82, 2.24) is 0 Å². The molecule has 1 aromatic rings. The van der Waals surface area contributed by atoms with Crippen LogP contribution in [0, 0.1) is 10.1 Å². The van der Waals surface area contributed by atoms with Gasteiger partial charge in [-0.2, -0.15) is 0 Å². The lowest BCUT2D eigenvalue weighted by molar-refractivity contribution is -0.384. The summed E-state index contributed by atoms with van der Waals surface area (Å²) in [5.74, 6) is -0.134. The summed E-state index contributed by atoms with van der Waals surface area (Å²) in [6, 6.07) is 5.48. The van der Waals surface area contributed by atoms with Crippen LogP contribution in [0.2, 0.25) is 0 Å². The van der Waals surface area contributed by atoms with E-state index in [-0.39, 0.29) is 17.9 Å². The lowest BCUT2D eigenvalue weighted by Gasteiger charge is -1.97. The predicted octanol–water partition coefficient (Wildman–Crippen LogP) is 0.388. The second-order valence-corrected chi connectivity index (χ2v) is 3.25. The van der Waals surface area contributed by atoms with E-state index in [0.717, 1.165) is 0 Å². The first-order chi connectivity index (χ1) is 7.00. The Balaban J connectivity index is 2.84. The van der Waals surface area contributed by atoms with E-state index >= 15 is 0 Å². The molecule has 0 saturated heterocycles. The van der Waals surface area contributed by atoms with Crippen LogP contribution in [0.15, 0.2) is 24.3 Å². The van der Waals surface area contributed by atoms with Crippen LogP contribution in [-0.4, -0.2) is 16.4 Å². The van der Waals surface area contributed by atoms with Gasteiger partial charge in [-0.1, -0.05) is 0 Å². The standard InChI is InChI=1S/C10H10N2O3/c1-7(11)6-10(13)8-2-4-9(5-3-8)12(14)15/h2-5,11H,6H2,1H3/p+1. The van der Waals surface area contributed by atoms with Crippen molar-refractivity contribution < 1.29 is 15.1 Å². The molecule has 0 aliphatic heterocycles. The molecule has 0 amide bonds. The van der Waals surface area contributed by atoms with E-state index in [0.29, 0.717) is 11.3 Å². The minimum absolute atomic E-state index is 0.0278. The second kappa shape index (κ2) is 4.45. The summed E-state index contributed by atoms with van der Waals surface area (Å²) in [5.41, 5.74) is 0.934. The van der Waals surface area contributed by atoms with Gasteiger partial charge in [0, 0.05) is 24.6 Å². The van der Waals surface area contributed by atoms with E-state index in [1.165, 1.54) is 24.3 Å². The molecular formula is C10H11N2O3+. The first-order valence-corrected chi connectivity index (χ1v) is 4.36. The minimum Gasteiger partial charge on any atom is -0.294 e. The molecular weight excluding hydrogens is 196 g/mol. The van der Waals surface area contributed by atoms with Gasteiger partial charge in [0.15, 0.2) is 11.5 Å². The summed E-state index contributed by atoms with van der Waals surface area (Å²) >= 11 is 0. The number of ketones is 1. The van der Waals surface area contributed by atoms with Crippen molar-refractivity contribution in [2.24, 2.45) is 0 Å². The molecule has 0 fully saturated rings. The summed E-state index contributed by atoms with van der Waals surface area (Å²) < 4.78 is 0. The molecule has 5 heteroatoms. The third kappa shape index (κ3) is 2.98. The Morgan fingerprint density at radius 2 is 1.93 bits per heavy atom. The fraction of sp³-hybridized carbons (Fsp3) is 0.200. The molecule has 0 bridgehead atoms. The van der Waals surface area contributed by atoms with E-state index in [4.69, 9.17) is 5.41 Å². The molecule has 0 aliphatic rings. The number of nitro groups is 1. The molecule has 15 heavy (non-hydrogen) atoms. The molecule has 5 nitrogen and oxygen atoms in total. The number of nitrogens with two attached hydrogens (primary N) is 1. The average molecular weight is 207 g/mol. The molecule has 0 unspecified atom stereocenters. The van der Waals surface area contributed by atoms with Crippen molar-refractivity contribution in [3.8, 4) is 0 Å². The van der Waals surface area contributed by atoms with E-state index in [9.17, 15) is 14.9 Å². The van der Waals surface area contributed by atoms with Crippen LogP contribution >= 0.6 is 0 Å². The van der Waals surface area contributed by atoms with Gasteiger partial charge in [-0.05, 0) is 12.1 Å². The molecule has 78 valence electrons. The maximum absolute atomic E-state index is 11.5. The van der Waals surface area contributed by atoms with Gasteiger partial charge in [0.05, 0.1) is 11.3 Å². The van der Waals surface area contributed by atoms with Crippen LogP contribution in [0.5, 0.6) is 0 Å². The van der Waals surface area contributed by atoms with Crippen molar-refractivity contribution in [2.45, 2.75) is 13.3 Å². The number of carbonyl (C=O) groups excluding carboxylic acids is 1. The number of Topliss-reactive ketones (excluding diaryl/α,β-unsaturated/α-hetero) is 1. The van der Waals surface area contributed by atoms with Crippen LogP contribution in [-0.2, 0) is 0 Å². The van der Waals surface area contributed by atoms with Gasteiger partial charge >= 0.3 is 0 Å². The topological polar surface area (TPSA) is 85.8 Å². The van der Waals surface area contributed by atoms with Crippen molar-refractivity contribution in [3.63, 3.8) is 0 Å². The normalized spacial score (nSPS) is 9.67. The molecule has 0 saturated carbocycles. The van der Waals surface area contributed by atoms with Crippen LogP contribution < -0.4 is 5.41 Å². The highest BCUT2D eigenvalue weighted by molar-refractivity contribution is 6.07. The Morgan fingerprint density at radius 3 is 2.33 bits per heavy atom. The van der Waals surface area contributed by atoms with Crippen LogP contribution in [0.3, 0.4) is 0 Å². The Bertz CT molecular complexity index is 409. The third-order valence-corrected chi connectivity index (χ3v) is 1.84. The first kappa shape index (κ1) is 11.0.